The summed E-state index contributed by atoms with van der Waals surface area (Å²) in [5.74, 6) is 0. The van der Waals surface area contributed by atoms with Gasteiger partial charge in [0.1, 0.15) is 0 Å². The fourth-order valence-electron chi connectivity index (χ4n) is 8.68. The standard InChI is InChI=1S/2C18H15OSi.2C6H11O.Ti/c2*19-20(16-10-4-1-5-11-16,17-12-6-2-7-13-17)18-14-8-3-9-15-18;2*7-6-4-2-1-3-5-6;/h2*1-15H;2*6H,1-5H2;/q4*-1;+4. The second-order valence-corrected chi connectivity index (χ2v) is 25.8. The molecule has 2 aliphatic carbocycles. The molecule has 4 nitrogen and oxygen atoms in total. The number of hydrogen-bond acceptors (Lipinski definition) is 4. The topological polar surface area (TPSA) is 36.9 Å². The van der Waals surface area contributed by atoms with Crippen LogP contribution < -0.4 is 31.1 Å². The summed E-state index contributed by atoms with van der Waals surface area (Å²) in [7, 11) is -6.80. The van der Waals surface area contributed by atoms with Gasteiger partial charge in [-0.15, -0.1) is 0 Å². The summed E-state index contributed by atoms with van der Waals surface area (Å²) in [4.78, 5) is 0. The predicted molar refractivity (Wildman–Crippen MR) is 226 cm³/mol. The predicted octanol–water partition coefficient (Wildman–Crippen LogP) is 7.87. The zero-order valence-electron chi connectivity index (χ0n) is 31.7. The van der Waals surface area contributed by atoms with Gasteiger partial charge in [0.15, 0.2) is 0 Å². The van der Waals surface area contributed by atoms with Gasteiger partial charge in [0.25, 0.3) is 0 Å². The van der Waals surface area contributed by atoms with E-state index in [-0.39, 0.29) is 12.2 Å². The maximum absolute atomic E-state index is 8.40. The second-order valence-electron chi connectivity index (χ2n) is 15.0. The SMILES string of the molecule is c1ccc([Si]([O][Ti]([O]C2CCCCC2)([O]C2CCCCC2)[O][Si](c2ccccc2)(c2ccccc2)c2ccccc2)(c2ccccc2)c2ccccc2)cc1. The molecule has 7 heteroatoms. The summed E-state index contributed by atoms with van der Waals surface area (Å²) < 4.78 is 32.4. The van der Waals surface area contributed by atoms with Crippen LogP contribution in [0.3, 0.4) is 0 Å². The molecule has 6 aromatic carbocycles. The van der Waals surface area contributed by atoms with Crippen LogP contribution in [-0.2, 0) is 30.8 Å². The third-order valence-electron chi connectivity index (χ3n) is 11.4. The Balaban J connectivity index is 1.44. The summed E-state index contributed by atoms with van der Waals surface area (Å²) >= 11 is -5.04. The average Bonchev–Trinajstić information content (AvgIpc) is 3.27. The molecule has 280 valence electrons. The molecule has 55 heavy (non-hydrogen) atoms. The summed E-state index contributed by atoms with van der Waals surface area (Å²) in [5.41, 5.74) is 0. The fraction of sp³-hybridized carbons (Fsp3) is 0.250. The molecule has 2 saturated carbocycles. The van der Waals surface area contributed by atoms with Crippen molar-refractivity contribution in [3.8, 4) is 0 Å². The van der Waals surface area contributed by atoms with E-state index in [9.17, 15) is 0 Å². The van der Waals surface area contributed by atoms with Crippen molar-refractivity contribution in [3.05, 3.63) is 182 Å². The zero-order valence-corrected chi connectivity index (χ0v) is 35.2. The van der Waals surface area contributed by atoms with Gasteiger partial charge in [-0.2, -0.15) is 0 Å². The van der Waals surface area contributed by atoms with Crippen LogP contribution in [0.1, 0.15) is 64.2 Å². The van der Waals surface area contributed by atoms with Crippen LogP contribution in [0.2, 0.25) is 0 Å². The summed E-state index contributed by atoms with van der Waals surface area (Å²) in [6.07, 6.45) is 10.8. The molecule has 0 saturated heterocycles. The van der Waals surface area contributed by atoms with Crippen molar-refractivity contribution in [2.45, 2.75) is 76.4 Å². The van der Waals surface area contributed by atoms with E-state index >= 15 is 0 Å². The minimum atomic E-state index is -5.04. The molecule has 0 radical (unpaired) electrons. The molecule has 2 aliphatic rings. The van der Waals surface area contributed by atoms with Gasteiger partial charge in [-0.3, -0.25) is 0 Å². The quantitative estimate of drug-likeness (QED) is 0.0832. The van der Waals surface area contributed by atoms with E-state index in [0.29, 0.717) is 0 Å². The Morgan fingerprint density at radius 2 is 0.527 bits per heavy atom. The van der Waals surface area contributed by atoms with Gasteiger partial charge in [-0.1, -0.05) is 0 Å². The van der Waals surface area contributed by atoms with Crippen molar-refractivity contribution in [2.75, 3.05) is 0 Å². The molecule has 0 amide bonds. The Morgan fingerprint density at radius 1 is 0.309 bits per heavy atom. The Bertz CT molecular complexity index is 1680. The van der Waals surface area contributed by atoms with Gasteiger partial charge in [-0.25, -0.2) is 0 Å². The van der Waals surface area contributed by atoms with Crippen LogP contribution in [0, 0.1) is 0 Å². The molecular weight excluding hydrogens is 745 g/mol. The first-order valence-corrected chi connectivity index (χ1v) is 26.7. The molecular formula is C48H52O4Si2Ti. The van der Waals surface area contributed by atoms with Gasteiger partial charge in [0, 0.05) is 0 Å². The Hall–Kier alpha value is -3.69. The summed E-state index contributed by atoms with van der Waals surface area (Å²) in [6, 6.07) is 65.2. The van der Waals surface area contributed by atoms with Gasteiger partial charge < -0.3 is 0 Å². The van der Waals surface area contributed by atoms with Crippen molar-refractivity contribution in [2.24, 2.45) is 0 Å². The molecule has 8 rings (SSSR count). The Kier molecular flexibility index (Phi) is 12.5. The zero-order chi connectivity index (χ0) is 37.2. The molecule has 0 atom stereocenters. The Labute approximate surface area is 335 Å². The molecule has 0 spiro atoms. The first-order chi connectivity index (χ1) is 27.2. The van der Waals surface area contributed by atoms with Crippen molar-refractivity contribution in [1.29, 1.82) is 0 Å². The molecule has 0 bridgehead atoms. The van der Waals surface area contributed by atoms with E-state index in [1.54, 1.807) is 0 Å². The fourth-order valence-corrected chi connectivity index (χ4v) is 26.9. The third kappa shape index (κ3) is 8.39. The first kappa shape index (κ1) is 38.2. The molecule has 0 aliphatic heterocycles. The van der Waals surface area contributed by atoms with Crippen LogP contribution >= 0.6 is 0 Å². The van der Waals surface area contributed by atoms with E-state index in [2.05, 4.69) is 182 Å². The second kappa shape index (κ2) is 18.1. The van der Waals surface area contributed by atoms with E-state index in [0.717, 1.165) is 82.5 Å². The summed E-state index contributed by atoms with van der Waals surface area (Å²) in [5, 5.41) is 6.90. The summed E-state index contributed by atoms with van der Waals surface area (Å²) in [6.45, 7) is 0. The molecule has 0 N–H and O–H groups in total. The van der Waals surface area contributed by atoms with E-state index in [1.165, 1.54) is 12.8 Å². The van der Waals surface area contributed by atoms with Gasteiger partial charge >= 0.3 is 337 Å². The van der Waals surface area contributed by atoms with E-state index < -0.39 is 34.8 Å². The first-order valence-electron chi connectivity index (χ1n) is 20.3. The van der Waals surface area contributed by atoms with Crippen LogP contribution in [-0.4, -0.2) is 28.8 Å². The molecule has 2 fully saturated rings. The van der Waals surface area contributed by atoms with Crippen molar-refractivity contribution < 1.29 is 30.8 Å². The number of hydrogen-bond donors (Lipinski definition) is 0. The molecule has 0 heterocycles. The third-order valence-corrected chi connectivity index (χ3v) is 26.5. The van der Waals surface area contributed by atoms with E-state index in [1.807, 2.05) is 0 Å². The van der Waals surface area contributed by atoms with Gasteiger partial charge in [0.05, 0.1) is 0 Å². The van der Waals surface area contributed by atoms with Crippen LogP contribution in [0.15, 0.2) is 182 Å². The minimum absolute atomic E-state index is 0.0135. The van der Waals surface area contributed by atoms with Crippen molar-refractivity contribution in [1.82, 2.24) is 0 Å². The molecule has 0 unspecified atom stereocenters. The molecule has 6 aromatic rings. The van der Waals surface area contributed by atoms with Crippen LogP contribution in [0.5, 0.6) is 0 Å². The van der Waals surface area contributed by atoms with Crippen LogP contribution in [0.25, 0.3) is 0 Å². The number of rotatable bonds is 14. The van der Waals surface area contributed by atoms with Gasteiger partial charge in [0.2, 0.25) is 0 Å². The molecule has 0 aromatic heterocycles. The normalized spacial score (nSPS) is 16.1. The van der Waals surface area contributed by atoms with Crippen molar-refractivity contribution in [3.63, 3.8) is 0 Å². The maximum atomic E-state index is 8.40. The number of benzene rings is 6. The monoisotopic (exact) mass is 796 g/mol. The average molecular weight is 797 g/mol. The Morgan fingerprint density at radius 3 is 0.745 bits per heavy atom. The van der Waals surface area contributed by atoms with Crippen LogP contribution in [0.4, 0.5) is 0 Å². The van der Waals surface area contributed by atoms with E-state index in [4.69, 9.17) is 12.7 Å². The van der Waals surface area contributed by atoms with Crippen molar-refractivity contribution >= 4 is 47.8 Å². The van der Waals surface area contributed by atoms with Gasteiger partial charge in [-0.05, 0) is 0 Å².